The van der Waals surface area contributed by atoms with Crippen LogP contribution in [0.2, 0.25) is 0 Å². The van der Waals surface area contributed by atoms with E-state index in [0.717, 1.165) is 37.6 Å². The average molecular weight is 312 g/mol. The van der Waals surface area contributed by atoms with Gasteiger partial charge in [0, 0.05) is 38.4 Å². The summed E-state index contributed by atoms with van der Waals surface area (Å²) in [7, 11) is 2.10. The first-order chi connectivity index (χ1) is 11.1. The molecule has 2 aromatic heterocycles. The van der Waals surface area contributed by atoms with Gasteiger partial charge in [-0.1, -0.05) is 0 Å². The number of carbonyl (C=O) groups excluding carboxylic acids is 1. The molecule has 0 saturated carbocycles. The third-order valence-corrected chi connectivity index (χ3v) is 3.87. The largest absolute Gasteiger partial charge is 0.354 e. The van der Waals surface area contributed by atoms with Crippen LogP contribution in [-0.2, 0) is 0 Å². The molecule has 0 atom stereocenters. The van der Waals surface area contributed by atoms with Crippen molar-refractivity contribution in [3.8, 4) is 0 Å². The highest BCUT2D eigenvalue weighted by atomic mass is 16.1. The Bertz CT molecular complexity index is 696. The summed E-state index contributed by atoms with van der Waals surface area (Å²) in [4.78, 5) is 29.3. The molecule has 120 valence electrons. The summed E-state index contributed by atoms with van der Waals surface area (Å²) < 4.78 is 0. The van der Waals surface area contributed by atoms with E-state index in [9.17, 15) is 4.79 Å². The van der Waals surface area contributed by atoms with E-state index in [1.165, 1.54) is 6.33 Å². The maximum atomic E-state index is 12.3. The Kier molecular flexibility index (Phi) is 4.47. The van der Waals surface area contributed by atoms with Crippen LogP contribution in [0.1, 0.15) is 16.1 Å². The van der Waals surface area contributed by atoms with Crippen molar-refractivity contribution in [1.29, 1.82) is 0 Å². The summed E-state index contributed by atoms with van der Waals surface area (Å²) in [5.41, 5.74) is 1.38. The Morgan fingerprint density at radius 1 is 1.13 bits per heavy atom. The minimum absolute atomic E-state index is 0.277. The van der Waals surface area contributed by atoms with Gasteiger partial charge in [-0.2, -0.15) is 0 Å². The zero-order valence-electron chi connectivity index (χ0n) is 13.4. The molecule has 1 N–H and O–H groups in total. The third kappa shape index (κ3) is 3.81. The predicted molar refractivity (Wildman–Crippen MR) is 88.7 cm³/mol. The highest BCUT2D eigenvalue weighted by molar-refractivity contribution is 6.02. The van der Waals surface area contributed by atoms with Gasteiger partial charge in [-0.3, -0.25) is 4.79 Å². The maximum absolute atomic E-state index is 12.3. The molecule has 1 aliphatic rings. The lowest BCUT2D eigenvalue weighted by atomic mass is 10.3. The van der Waals surface area contributed by atoms with Crippen LogP contribution in [0.15, 0.2) is 30.7 Å². The van der Waals surface area contributed by atoms with E-state index in [1.807, 2.05) is 19.1 Å². The second-order valence-corrected chi connectivity index (χ2v) is 5.72. The topological polar surface area (TPSA) is 74.2 Å². The molecule has 1 saturated heterocycles. The monoisotopic (exact) mass is 312 g/mol. The van der Waals surface area contributed by atoms with E-state index in [4.69, 9.17) is 0 Å². The average Bonchev–Trinajstić information content (AvgIpc) is 2.56. The SMILES string of the molecule is Cc1ccnc(NC(=O)c2cc(N3CCN(C)CC3)ncn2)c1. The van der Waals surface area contributed by atoms with Crippen LogP contribution < -0.4 is 10.2 Å². The molecule has 0 unspecified atom stereocenters. The number of anilines is 2. The highest BCUT2D eigenvalue weighted by Gasteiger charge is 2.17. The number of amides is 1. The maximum Gasteiger partial charge on any atom is 0.275 e. The fourth-order valence-electron chi connectivity index (χ4n) is 2.46. The molecule has 7 nitrogen and oxygen atoms in total. The molecular formula is C16H20N6O. The Labute approximate surface area is 135 Å². The van der Waals surface area contributed by atoms with E-state index in [2.05, 4.69) is 37.1 Å². The fraction of sp³-hybridized carbons (Fsp3) is 0.375. The highest BCUT2D eigenvalue weighted by Crippen LogP contribution is 2.14. The van der Waals surface area contributed by atoms with E-state index in [1.54, 1.807) is 12.3 Å². The Hall–Kier alpha value is -2.54. The minimum atomic E-state index is -0.277. The Morgan fingerprint density at radius 2 is 1.91 bits per heavy atom. The summed E-state index contributed by atoms with van der Waals surface area (Å²) in [6.07, 6.45) is 3.10. The zero-order chi connectivity index (χ0) is 16.2. The molecule has 3 heterocycles. The van der Waals surface area contributed by atoms with Gasteiger partial charge in [0.1, 0.15) is 23.7 Å². The van der Waals surface area contributed by atoms with E-state index >= 15 is 0 Å². The summed E-state index contributed by atoms with van der Waals surface area (Å²) in [6.45, 7) is 5.72. The summed E-state index contributed by atoms with van der Waals surface area (Å²) in [5.74, 6) is 1.03. The predicted octanol–water partition coefficient (Wildman–Crippen LogP) is 1.18. The quantitative estimate of drug-likeness (QED) is 0.917. The molecule has 7 heteroatoms. The normalized spacial score (nSPS) is 15.5. The fourth-order valence-corrected chi connectivity index (χ4v) is 2.46. The second-order valence-electron chi connectivity index (χ2n) is 5.72. The van der Waals surface area contributed by atoms with Crippen molar-refractivity contribution in [2.45, 2.75) is 6.92 Å². The number of likely N-dealkylation sites (N-methyl/N-ethyl adjacent to an activating group) is 1. The van der Waals surface area contributed by atoms with Crippen molar-refractivity contribution in [1.82, 2.24) is 19.9 Å². The van der Waals surface area contributed by atoms with Crippen LogP contribution in [-0.4, -0.2) is 59.0 Å². The standard InChI is InChI=1S/C16H20N6O/c1-12-3-4-17-14(9-12)20-16(23)13-10-15(19-11-18-13)22-7-5-21(2)6-8-22/h3-4,9-11H,5-8H2,1-2H3,(H,17,20,23). The number of rotatable bonds is 3. The van der Waals surface area contributed by atoms with Gasteiger partial charge in [0.2, 0.25) is 0 Å². The van der Waals surface area contributed by atoms with Gasteiger partial charge in [0.05, 0.1) is 0 Å². The number of aryl methyl sites for hydroxylation is 1. The van der Waals surface area contributed by atoms with Gasteiger partial charge in [-0.05, 0) is 31.7 Å². The molecule has 1 aliphatic heterocycles. The molecule has 0 radical (unpaired) electrons. The molecule has 2 aromatic rings. The van der Waals surface area contributed by atoms with Crippen LogP contribution >= 0.6 is 0 Å². The molecule has 0 aliphatic carbocycles. The van der Waals surface area contributed by atoms with E-state index in [0.29, 0.717) is 11.5 Å². The number of hydrogen-bond acceptors (Lipinski definition) is 6. The lowest BCUT2D eigenvalue weighted by Crippen LogP contribution is -2.44. The molecule has 1 fully saturated rings. The lowest BCUT2D eigenvalue weighted by molar-refractivity contribution is 0.102. The molecule has 1 amide bonds. The molecule has 23 heavy (non-hydrogen) atoms. The second kappa shape index (κ2) is 6.70. The number of aromatic nitrogens is 3. The van der Waals surface area contributed by atoms with Gasteiger partial charge < -0.3 is 15.1 Å². The van der Waals surface area contributed by atoms with Crippen molar-refractivity contribution in [2.75, 3.05) is 43.4 Å². The van der Waals surface area contributed by atoms with Gasteiger partial charge in [0.15, 0.2) is 0 Å². The number of carbonyl (C=O) groups is 1. The van der Waals surface area contributed by atoms with Crippen molar-refractivity contribution in [3.63, 3.8) is 0 Å². The van der Waals surface area contributed by atoms with Crippen molar-refractivity contribution >= 4 is 17.5 Å². The zero-order valence-corrected chi connectivity index (χ0v) is 13.4. The minimum Gasteiger partial charge on any atom is -0.354 e. The van der Waals surface area contributed by atoms with Gasteiger partial charge in [-0.15, -0.1) is 0 Å². The Balaban J connectivity index is 1.72. The van der Waals surface area contributed by atoms with Crippen LogP contribution in [0.3, 0.4) is 0 Å². The molecule has 0 spiro atoms. The third-order valence-electron chi connectivity index (χ3n) is 3.87. The summed E-state index contributed by atoms with van der Waals surface area (Å²) >= 11 is 0. The molecule has 0 aromatic carbocycles. The Morgan fingerprint density at radius 3 is 2.65 bits per heavy atom. The summed E-state index contributed by atoms with van der Waals surface area (Å²) in [6, 6.07) is 5.43. The first-order valence-corrected chi connectivity index (χ1v) is 7.61. The number of pyridine rings is 1. The number of nitrogens with one attached hydrogen (secondary N) is 1. The van der Waals surface area contributed by atoms with Crippen LogP contribution in [0.4, 0.5) is 11.6 Å². The number of hydrogen-bond donors (Lipinski definition) is 1. The first kappa shape index (κ1) is 15.4. The van der Waals surface area contributed by atoms with Crippen molar-refractivity contribution in [3.05, 3.63) is 42.0 Å². The molecule has 0 bridgehead atoms. The van der Waals surface area contributed by atoms with Crippen molar-refractivity contribution < 1.29 is 4.79 Å². The van der Waals surface area contributed by atoms with Gasteiger partial charge in [0.25, 0.3) is 5.91 Å². The number of piperazine rings is 1. The van der Waals surface area contributed by atoms with Crippen LogP contribution in [0.5, 0.6) is 0 Å². The lowest BCUT2D eigenvalue weighted by Gasteiger charge is -2.33. The molecular weight excluding hydrogens is 292 g/mol. The van der Waals surface area contributed by atoms with Crippen LogP contribution in [0.25, 0.3) is 0 Å². The van der Waals surface area contributed by atoms with E-state index < -0.39 is 0 Å². The van der Waals surface area contributed by atoms with E-state index in [-0.39, 0.29) is 5.91 Å². The van der Waals surface area contributed by atoms with Gasteiger partial charge in [-0.25, -0.2) is 15.0 Å². The number of nitrogens with zero attached hydrogens (tertiary/aromatic N) is 5. The van der Waals surface area contributed by atoms with Crippen LogP contribution in [0, 0.1) is 6.92 Å². The van der Waals surface area contributed by atoms with Gasteiger partial charge >= 0.3 is 0 Å². The van der Waals surface area contributed by atoms with Crippen molar-refractivity contribution in [2.24, 2.45) is 0 Å². The summed E-state index contributed by atoms with van der Waals surface area (Å²) in [5, 5.41) is 2.77. The first-order valence-electron chi connectivity index (χ1n) is 7.61. The molecule has 3 rings (SSSR count). The smallest absolute Gasteiger partial charge is 0.275 e.